The van der Waals surface area contributed by atoms with Gasteiger partial charge in [-0.25, -0.2) is 13.8 Å². The van der Waals surface area contributed by atoms with E-state index >= 15 is 0 Å². The second-order valence-corrected chi connectivity index (χ2v) is 6.50. The highest BCUT2D eigenvalue weighted by molar-refractivity contribution is 7.00. The van der Waals surface area contributed by atoms with E-state index < -0.39 is 23.1 Å². The van der Waals surface area contributed by atoms with E-state index in [1.54, 1.807) is 18.2 Å². The molecule has 2 aromatic heterocycles. The summed E-state index contributed by atoms with van der Waals surface area (Å²) in [6, 6.07) is 9.93. The summed E-state index contributed by atoms with van der Waals surface area (Å²) in [4.78, 5) is 16.2. The molecule has 0 saturated carbocycles. The van der Waals surface area contributed by atoms with Crippen molar-refractivity contribution in [2.45, 2.75) is 0 Å². The predicted molar refractivity (Wildman–Crippen MR) is 100.0 cm³/mol. The molecular weight excluding hydrogens is 394 g/mol. The Kier molecular flexibility index (Phi) is 4.51. The molecule has 2 aromatic carbocycles. The standard InChI is InChI=1S/C18H9ClF2N4OS/c19-11-7-15-14(24-27-25-15)6-10(11)9-4-5-16(22-8-9)23-18(26)17-12(20)2-1-3-13(17)21/h1-8H,(H,22,23,26). The van der Waals surface area contributed by atoms with E-state index in [0.717, 1.165) is 23.9 Å². The van der Waals surface area contributed by atoms with Crippen molar-refractivity contribution in [1.29, 1.82) is 0 Å². The van der Waals surface area contributed by atoms with Gasteiger partial charge in [0, 0.05) is 17.3 Å². The minimum atomic E-state index is -0.943. The van der Waals surface area contributed by atoms with E-state index in [1.807, 2.05) is 0 Å². The van der Waals surface area contributed by atoms with Crippen LogP contribution in [0.1, 0.15) is 10.4 Å². The Bertz CT molecular complexity index is 1140. The highest BCUT2D eigenvalue weighted by Crippen LogP contribution is 2.31. The van der Waals surface area contributed by atoms with Crippen LogP contribution in [0.3, 0.4) is 0 Å². The molecule has 27 heavy (non-hydrogen) atoms. The summed E-state index contributed by atoms with van der Waals surface area (Å²) in [5.41, 5.74) is 2.17. The molecule has 9 heteroatoms. The lowest BCUT2D eigenvalue weighted by molar-refractivity contribution is 0.101. The van der Waals surface area contributed by atoms with Crippen LogP contribution in [0.4, 0.5) is 14.6 Å². The first kappa shape index (κ1) is 17.4. The highest BCUT2D eigenvalue weighted by atomic mass is 35.5. The van der Waals surface area contributed by atoms with Crippen LogP contribution in [-0.2, 0) is 0 Å². The molecule has 1 amide bonds. The molecule has 0 fully saturated rings. The molecule has 1 N–H and O–H groups in total. The number of nitrogens with zero attached hydrogens (tertiary/aromatic N) is 3. The Hall–Kier alpha value is -2.97. The van der Waals surface area contributed by atoms with Gasteiger partial charge >= 0.3 is 0 Å². The van der Waals surface area contributed by atoms with E-state index in [1.165, 1.54) is 18.3 Å². The average Bonchev–Trinajstić information content (AvgIpc) is 3.09. The quantitative estimate of drug-likeness (QED) is 0.527. The first-order valence-corrected chi connectivity index (χ1v) is 8.77. The third-order valence-corrected chi connectivity index (χ3v) is 4.72. The molecule has 4 rings (SSSR count). The minimum absolute atomic E-state index is 0.152. The summed E-state index contributed by atoms with van der Waals surface area (Å²) in [6.07, 6.45) is 1.50. The van der Waals surface area contributed by atoms with Crippen LogP contribution >= 0.6 is 23.3 Å². The summed E-state index contributed by atoms with van der Waals surface area (Å²) in [5.74, 6) is -2.65. The number of fused-ring (bicyclic) bond motifs is 1. The number of nitrogens with one attached hydrogen (secondary N) is 1. The van der Waals surface area contributed by atoms with Crippen molar-refractivity contribution in [3.63, 3.8) is 0 Å². The Balaban J connectivity index is 1.60. The third-order valence-electron chi connectivity index (χ3n) is 3.85. The predicted octanol–water partition coefficient (Wildman–Crippen LogP) is 4.94. The first-order chi connectivity index (χ1) is 13.0. The summed E-state index contributed by atoms with van der Waals surface area (Å²) in [6.45, 7) is 0. The summed E-state index contributed by atoms with van der Waals surface area (Å²) < 4.78 is 35.7. The number of anilines is 1. The molecular formula is C18H9ClF2N4OS. The maximum Gasteiger partial charge on any atom is 0.262 e. The minimum Gasteiger partial charge on any atom is -0.306 e. The van der Waals surface area contributed by atoms with Gasteiger partial charge in [0.1, 0.15) is 34.0 Å². The zero-order valence-electron chi connectivity index (χ0n) is 13.4. The molecule has 0 radical (unpaired) electrons. The molecule has 0 aliphatic heterocycles. The number of aromatic nitrogens is 3. The summed E-state index contributed by atoms with van der Waals surface area (Å²) in [5, 5.41) is 2.86. The lowest BCUT2D eigenvalue weighted by Crippen LogP contribution is -2.16. The maximum atomic E-state index is 13.7. The molecule has 0 aliphatic carbocycles. The van der Waals surface area contributed by atoms with Crippen LogP contribution in [0.5, 0.6) is 0 Å². The smallest absolute Gasteiger partial charge is 0.262 e. The summed E-state index contributed by atoms with van der Waals surface area (Å²) in [7, 11) is 0. The van der Waals surface area contributed by atoms with E-state index in [-0.39, 0.29) is 5.82 Å². The number of pyridine rings is 1. The molecule has 5 nitrogen and oxygen atoms in total. The van der Waals surface area contributed by atoms with Gasteiger partial charge in [0.15, 0.2) is 0 Å². The third kappa shape index (κ3) is 3.36. The van der Waals surface area contributed by atoms with Crippen molar-refractivity contribution < 1.29 is 13.6 Å². The summed E-state index contributed by atoms with van der Waals surface area (Å²) >= 11 is 7.38. The highest BCUT2D eigenvalue weighted by Gasteiger charge is 2.17. The number of benzene rings is 2. The van der Waals surface area contributed by atoms with Gasteiger partial charge in [-0.2, -0.15) is 8.75 Å². The first-order valence-electron chi connectivity index (χ1n) is 7.66. The lowest BCUT2D eigenvalue weighted by atomic mass is 10.1. The zero-order valence-corrected chi connectivity index (χ0v) is 15.0. The number of rotatable bonds is 3. The normalized spacial score (nSPS) is 10.9. The Labute approximate surface area is 161 Å². The van der Waals surface area contributed by atoms with Gasteiger partial charge in [-0.15, -0.1) is 0 Å². The maximum absolute atomic E-state index is 13.7. The lowest BCUT2D eigenvalue weighted by Gasteiger charge is -2.08. The molecule has 0 spiro atoms. The number of halogens is 3. The fourth-order valence-corrected chi connectivity index (χ4v) is 3.32. The van der Waals surface area contributed by atoms with Crippen molar-refractivity contribution >= 4 is 46.1 Å². The van der Waals surface area contributed by atoms with Crippen LogP contribution in [0.2, 0.25) is 5.02 Å². The van der Waals surface area contributed by atoms with E-state index in [4.69, 9.17) is 11.6 Å². The fourth-order valence-electron chi connectivity index (χ4n) is 2.55. The van der Waals surface area contributed by atoms with Gasteiger partial charge in [-0.1, -0.05) is 17.7 Å². The topological polar surface area (TPSA) is 67.8 Å². The van der Waals surface area contributed by atoms with Crippen LogP contribution in [0.15, 0.2) is 48.7 Å². The van der Waals surface area contributed by atoms with Gasteiger partial charge in [0.25, 0.3) is 5.91 Å². The van der Waals surface area contributed by atoms with E-state index in [2.05, 4.69) is 19.0 Å². The Morgan fingerprint density at radius 1 is 1.04 bits per heavy atom. The Morgan fingerprint density at radius 2 is 1.74 bits per heavy atom. The second kappa shape index (κ2) is 6.98. The van der Waals surface area contributed by atoms with Gasteiger partial charge in [-0.05, 0) is 36.4 Å². The number of hydrogen-bond donors (Lipinski definition) is 1. The monoisotopic (exact) mass is 402 g/mol. The SMILES string of the molecule is O=C(Nc1ccc(-c2cc3nsnc3cc2Cl)cn1)c1c(F)cccc1F. The molecule has 134 valence electrons. The Morgan fingerprint density at radius 3 is 2.41 bits per heavy atom. The van der Waals surface area contributed by atoms with Crippen LogP contribution in [-0.4, -0.2) is 19.6 Å². The van der Waals surface area contributed by atoms with Gasteiger partial charge < -0.3 is 5.32 Å². The van der Waals surface area contributed by atoms with Gasteiger partial charge in [-0.3, -0.25) is 4.79 Å². The molecule has 0 saturated heterocycles. The number of carbonyl (C=O) groups excluding carboxylic acids is 1. The average molecular weight is 403 g/mol. The van der Waals surface area contributed by atoms with Gasteiger partial charge in [0.2, 0.25) is 0 Å². The van der Waals surface area contributed by atoms with Crippen LogP contribution in [0.25, 0.3) is 22.2 Å². The van der Waals surface area contributed by atoms with Crippen molar-refractivity contribution in [2.75, 3.05) is 5.32 Å². The molecule has 0 atom stereocenters. The van der Waals surface area contributed by atoms with Crippen molar-refractivity contribution in [3.05, 3.63) is 70.9 Å². The molecule has 0 bridgehead atoms. The van der Waals surface area contributed by atoms with Gasteiger partial charge in [0.05, 0.1) is 16.8 Å². The van der Waals surface area contributed by atoms with E-state index in [0.29, 0.717) is 27.2 Å². The molecule has 0 unspecified atom stereocenters. The van der Waals surface area contributed by atoms with E-state index in [9.17, 15) is 13.6 Å². The molecule has 4 aromatic rings. The number of carbonyl (C=O) groups is 1. The number of amides is 1. The van der Waals surface area contributed by atoms with Crippen molar-refractivity contribution in [1.82, 2.24) is 13.7 Å². The van der Waals surface area contributed by atoms with Crippen molar-refractivity contribution in [2.24, 2.45) is 0 Å². The second-order valence-electron chi connectivity index (χ2n) is 5.57. The fraction of sp³-hybridized carbons (Fsp3) is 0. The van der Waals surface area contributed by atoms with Crippen LogP contribution < -0.4 is 5.32 Å². The number of hydrogen-bond acceptors (Lipinski definition) is 5. The molecule has 0 aliphatic rings. The zero-order chi connectivity index (χ0) is 19.0. The van der Waals surface area contributed by atoms with Crippen LogP contribution in [0, 0.1) is 11.6 Å². The van der Waals surface area contributed by atoms with Crippen molar-refractivity contribution in [3.8, 4) is 11.1 Å². The molecule has 2 heterocycles. The largest absolute Gasteiger partial charge is 0.306 e.